The number of hydrogen-bond acceptors (Lipinski definition) is 4. The molecule has 1 fully saturated rings. The molecule has 0 aromatic heterocycles. The first-order valence-electron chi connectivity index (χ1n) is 8.03. The number of benzene rings is 1. The van der Waals surface area contributed by atoms with Crippen molar-refractivity contribution in [3.05, 3.63) is 29.8 Å². The van der Waals surface area contributed by atoms with Crippen molar-refractivity contribution in [2.24, 2.45) is 0 Å². The zero-order chi connectivity index (χ0) is 15.8. The lowest BCUT2D eigenvalue weighted by atomic mass is 9.96. The van der Waals surface area contributed by atoms with E-state index in [4.69, 9.17) is 4.74 Å². The Morgan fingerprint density at radius 1 is 1.35 bits per heavy atom. The lowest BCUT2D eigenvalue weighted by molar-refractivity contribution is -0.121. The van der Waals surface area contributed by atoms with E-state index in [-0.39, 0.29) is 24.2 Å². The Balaban J connectivity index is 0.00000264. The molecule has 0 radical (unpaired) electrons. The number of piperazine rings is 1. The first-order chi connectivity index (χ1) is 10.7. The molecule has 6 heteroatoms. The fourth-order valence-electron chi connectivity index (χ4n) is 2.82. The Hall–Kier alpha value is -1.30. The largest absolute Gasteiger partial charge is 0.496 e. The highest BCUT2D eigenvalue weighted by molar-refractivity contribution is 5.85. The van der Waals surface area contributed by atoms with Crippen LogP contribution in [0.1, 0.15) is 24.8 Å². The molecule has 1 heterocycles. The van der Waals surface area contributed by atoms with Crippen molar-refractivity contribution in [1.29, 1.82) is 0 Å². The van der Waals surface area contributed by atoms with Gasteiger partial charge in [0.1, 0.15) is 5.75 Å². The highest BCUT2D eigenvalue weighted by Gasteiger charge is 2.15. The number of amides is 1. The molecule has 2 rings (SSSR count). The molecule has 5 nitrogen and oxygen atoms in total. The van der Waals surface area contributed by atoms with Gasteiger partial charge < -0.3 is 15.4 Å². The average molecular weight is 342 g/mol. The summed E-state index contributed by atoms with van der Waals surface area (Å²) in [5, 5.41) is 6.35. The van der Waals surface area contributed by atoms with E-state index >= 15 is 0 Å². The van der Waals surface area contributed by atoms with Gasteiger partial charge in [0.2, 0.25) is 5.91 Å². The van der Waals surface area contributed by atoms with Crippen LogP contribution < -0.4 is 15.4 Å². The average Bonchev–Trinajstić information content (AvgIpc) is 2.55. The zero-order valence-electron chi connectivity index (χ0n) is 14.0. The van der Waals surface area contributed by atoms with Gasteiger partial charge in [-0.15, -0.1) is 12.4 Å². The van der Waals surface area contributed by atoms with Gasteiger partial charge in [-0.1, -0.05) is 25.1 Å². The monoisotopic (exact) mass is 341 g/mol. The molecule has 1 atom stereocenters. The second kappa shape index (κ2) is 10.5. The predicted octanol–water partition coefficient (Wildman–Crippen LogP) is 1.63. The summed E-state index contributed by atoms with van der Waals surface area (Å²) in [6, 6.07) is 7.89. The van der Waals surface area contributed by atoms with E-state index in [2.05, 4.69) is 22.5 Å². The normalized spacial score (nSPS) is 16.3. The van der Waals surface area contributed by atoms with Gasteiger partial charge in [0, 0.05) is 45.7 Å². The number of carbonyl (C=O) groups is 1. The van der Waals surface area contributed by atoms with Gasteiger partial charge in [0.05, 0.1) is 7.11 Å². The zero-order valence-corrected chi connectivity index (χ0v) is 14.8. The van der Waals surface area contributed by atoms with Gasteiger partial charge in [0.15, 0.2) is 0 Å². The molecule has 1 aromatic carbocycles. The minimum absolute atomic E-state index is 0. The van der Waals surface area contributed by atoms with Crippen molar-refractivity contribution in [1.82, 2.24) is 15.5 Å². The first-order valence-corrected chi connectivity index (χ1v) is 8.03. The van der Waals surface area contributed by atoms with Crippen LogP contribution in [0.3, 0.4) is 0 Å². The summed E-state index contributed by atoms with van der Waals surface area (Å²) < 4.78 is 5.36. The summed E-state index contributed by atoms with van der Waals surface area (Å²) in [6.45, 7) is 7.92. The molecule has 1 amide bonds. The van der Waals surface area contributed by atoms with E-state index in [9.17, 15) is 4.79 Å². The Morgan fingerprint density at radius 3 is 2.74 bits per heavy atom. The number of para-hydroxylation sites is 1. The fourth-order valence-corrected chi connectivity index (χ4v) is 2.82. The summed E-state index contributed by atoms with van der Waals surface area (Å²) in [5.74, 6) is 1.10. The third-order valence-corrected chi connectivity index (χ3v) is 4.12. The van der Waals surface area contributed by atoms with Gasteiger partial charge in [-0.05, 0) is 17.5 Å². The molecule has 0 bridgehead atoms. The van der Waals surface area contributed by atoms with Crippen LogP contribution in [-0.4, -0.2) is 57.2 Å². The highest BCUT2D eigenvalue weighted by Crippen LogP contribution is 2.28. The third kappa shape index (κ3) is 6.37. The van der Waals surface area contributed by atoms with Gasteiger partial charge >= 0.3 is 0 Å². The predicted molar refractivity (Wildman–Crippen MR) is 95.6 cm³/mol. The van der Waals surface area contributed by atoms with Crippen molar-refractivity contribution in [2.45, 2.75) is 19.3 Å². The second-order valence-corrected chi connectivity index (χ2v) is 5.79. The minimum atomic E-state index is 0. The number of rotatable bonds is 7. The minimum Gasteiger partial charge on any atom is -0.496 e. The van der Waals surface area contributed by atoms with Crippen molar-refractivity contribution < 1.29 is 9.53 Å². The van der Waals surface area contributed by atoms with E-state index in [1.165, 1.54) is 0 Å². The molecule has 130 valence electrons. The molecular formula is C17H28ClN3O2. The smallest absolute Gasteiger partial charge is 0.220 e. The van der Waals surface area contributed by atoms with Gasteiger partial charge in [-0.3, -0.25) is 9.69 Å². The van der Waals surface area contributed by atoms with Gasteiger partial charge in [-0.2, -0.15) is 0 Å². The lowest BCUT2D eigenvalue weighted by Crippen LogP contribution is -2.46. The lowest BCUT2D eigenvalue weighted by Gasteiger charge is -2.27. The van der Waals surface area contributed by atoms with Crippen LogP contribution in [0.2, 0.25) is 0 Å². The number of hydrogen-bond donors (Lipinski definition) is 2. The van der Waals surface area contributed by atoms with Crippen LogP contribution >= 0.6 is 12.4 Å². The summed E-state index contributed by atoms with van der Waals surface area (Å²) >= 11 is 0. The molecule has 2 N–H and O–H groups in total. The van der Waals surface area contributed by atoms with Crippen LogP contribution in [0, 0.1) is 0 Å². The van der Waals surface area contributed by atoms with Gasteiger partial charge in [0.25, 0.3) is 0 Å². The van der Waals surface area contributed by atoms with E-state index in [1.54, 1.807) is 7.11 Å². The van der Waals surface area contributed by atoms with Crippen molar-refractivity contribution >= 4 is 18.3 Å². The molecular weight excluding hydrogens is 314 g/mol. The molecule has 1 saturated heterocycles. The molecule has 1 aromatic rings. The Bertz CT molecular complexity index is 479. The molecule has 0 aliphatic carbocycles. The maximum Gasteiger partial charge on any atom is 0.220 e. The number of methoxy groups -OCH3 is 1. The topological polar surface area (TPSA) is 53.6 Å². The summed E-state index contributed by atoms with van der Waals surface area (Å²) in [4.78, 5) is 14.5. The molecule has 1 aliphatic rings. The summed E-state index contributed by atoms with van der Waals surface area (Å²) in [6.07, 6.45) is 0.488. The molecule has 1 aliphatic heterocycles. The maximum absolute atomic E-state index is 12.1. The fraction of sp³-hybridized carbons (Fsp3) is 0.588. The summed E-state index contributed by atoms with van der Waals surface area (Å²) in [5.41, 5.74) is 1.09. The SMILES string of the molecule is COc1ccccc1C(C)CC(=O)NCCN1CCNCC1.Cl. The van der Waals surface area contributed by atoms with Crippen molar-refractivity contribution in [3.63, 3.8) is 0 Å². The standard InChI is InChI=1S/C17H27N3O2.ClH/c1-14(15-5-3-4-6-16(15)22-2)13-17(21)19-9-12-20-10-7-18-8-11-20;/h3-6,14,18H,7-13H2,1-2H3,(H,19,21);1H. The molecule has 1 unspecified atom stereocenters. The second-order valence-electron chi connectivity index (χ2n) is 5.79. The number of halogens is 1. The van der Waals surface area contributed by atoms with E-state index in [0.717, 1.165) is 50.6 Å². The van der Waals surface area contributed by atoms with E-state index in [0.29, 0.717) is 6.42 Å². The van der Waals surface area contributed by atoms with Crippen LogP contribution in [-0.2, 0) is 4.79 Å². The van der Waals surface area contributed by atoms with Gasteiger partial charge in [-0.25, -0.2) is 0 Å². The quantitative estimate of drug-likeness (QED) is 0.791. The third-order valence-electron chi connectivity index (χ3n) is 4.12. The van der Waals surface area contributed by atoms with E-state index in [1.807, 2.05) is 24.3 Å². The first kappa shape index (κ1) is 19.7. The van der Waals surface area contributed by atoms with Crippen LogP contribution in [0.25, 0.3) is 0 Å². The Kier molecular flexibility index (Phi) is 8.99. The van der Waals surface area contributed by atoms with Crippen molar-refractivity contribution in [2.75, 3.05) is 46.4 Å². The number of nitrogens with one attached hydrogen (secondary N) is 2. The Morgan fingerprint density at radius 2 is 2.04 bits per heavy atom. The summed E-state index contributed by atoms with van der Waals surface area (Å²) in [7, 11) is 1.67. The van der Waals surface area contributed by atoms with Crippen LogP contribution in [0.5, 0.6) is 5.75 Å². The number of ether oxygens (including phenoxy) is 1. The Labute approximate surface area is 145 Å². The van der Waals surface area contributed by atoms with Crippen LogP contribution in [0.15, 0.2) is 24.3 Å². The molecule has 23 heavy (non-hydrogen) atoms. The van der Waals surface area contributed by atoms with Crippen molar-refractivity contribution in [3.8, 4) is 5.75 Å². The van der Waals surface area contributed by atoms with Crippen LogP contribution in [0.4, 0.5) is 0 Å². The highest BCUT2D eigenvalue weighted by atomic mass is 35.5. The number of nitrogens with zero attached hydrogens (tertiary/aromatic N) is 1. The van der Waals surface area contributed by atoms with E-state index < -0.39 is 0 Å². The molecule has 0 saturated carbocycles. The number of carbonyl (C=O) groups excluding carboxylic acids is 1. The molecule has 0 spiro atoms. The maximum atomic E-state index is 12.1.